The predicted molar refractivity (Wildman–Crippen MR) is 86.6 cm³/mol. The topological polar surface area (TPSA) is 37.4 Å². The molecule has 108 valence electrons. The van der Waals surface area contributed by atoms with Gasteiger partial charge in [0.2, 0.25) is 0 Å². The molecular formula is C15H19NO2S2. The molecular weight excluding hydrogens is 290 g/mol. The van der Waals surface area contributed by atoms with Crippen molar-refractivity contribution < 1.29 is 9.59 Å². The van der Waals surface area contributed by atoms with Gasteiger partial charge in [0, 0.05) is 23.1 Å². The van der Waals surface area contributed by atoms with Crippen molar-refractivity contribution in [3.8, 4) is 0 Å². The minimum atomic E-state index is -0.964. The Morgan fingerprint density at radius 2 is 1.70 bits per heavy atom. The first-order chi connectivity index (χ1) is 9.47. The summed E-state index contributed by atoms with van der Waals surface area (Å²) in [4.78, 5) is 27.0. The summed E-state index contributed by atoms with van der Waals surface area (Å²) in [6.45, 7) is 1.52. The molecule has 0 atom stereocenters. The highest BCUT2D eigenvalue weighted by molar-refractivity contribution is 8.21. The Bertz CT molecular complexity index is 494. The lowest BCUT2D eigenvalue weighted by atomic mass is 10.1. The lowest BCUT2D eigenvalue weighted by Gasteiger charge is -2.38. The molecule has 1 aromatic rings. The first-order valence-corrected chi connectivity index (χ1v) is 8.49. The number of rotatable bonds is 4. The van der Waals surface area contributed by atoms with E-state index in [1.807, 2.05) is 32.3 Å². The second kappa shape index (κ2) is 6.33. The van der Waals surface area contributed by atoms with Crippen LogP contribution >= 0.6 is 23.5 Å². The molecule has 20 heavy (non-hydrogen) atoms. The van der Waals surface area contributed by atoms with Crippen molar-refractivity contribution >= 4 is 35.1 Å². The number of Topliss-reactive ketones (excluding diaryl/α,β-unsaturated/α-hetero) is 2. The van der Waals surface area contributed by atoms with E-state index in [1.165, 1.54) is 30.4 Å². The van der Waals surface area contributed by atoms with E-state index in [0.29, 0.717) is 11.6 Å². The Hall–Kier alpha value is -0.780. The molecule has 1 saturated heterocycles. The summed E-state index contributed by atoms with van der Waals surface area (Å²) in [6.07, 6.45) is 0. The highest BCUT2D eigenvalue weighted by atomic mass is 32.2. The van der Waals surface area contributed by atoms with Gasteiger partial charge in [0.25, 0.3) is 0 Å². The largest absolute Gasteiger partial charge is 0.305 e. The number of hydrogen-bond donors (Lipinski definition) is 0. The summed E-state index contributed by atoms with van der Waals surface area (Å²) in [5.41, 5.74) is 0.617. The molecule has 0 aliphatic carbocycles. The van der Waals surface area contributed by atoms with Gasteiger partial charge in [-0.25, -0.2) is 0 Å². The van der Waals surface area contributed by atoms with E-state index in [0.717, 1.165) is 11.5 Å². The van der Waals surface area contributed by atoms with E-state index < -0.39 is 4.08 Å². The van der Waals surface area contributed by atoms with Gasteiger partial charge >= 0.3 is 0 Å². The zero-order chi connectivity index (χ0) is 14.8. The molecule has 0 saturated carbocycles. The number of carbonyl (C=O) groups excluding carboxylic acids is 2. The maximum atomic E-state index is 12.8. The van der Waals surface area contributed by atoms with Gasteiger partial charge in [0.15, 0.2) is 15.6 Å². The SMILES string of the molecule is CC(=O)C1(C(=O)c2ccccc2)SCC(N(C)C)CS1. The number of thioether (sulfide) groups is 2. The van der Waals surface area contributed by atoms with Crippen molar-refractivity contribution in [2.45, 2.75) is 17.0 Å². The lowest BCUT2D eigenvalue weighted by molar-refractivity contribution is -0.116. The second-order valence-corrected chi connectivity index (χ2v) is 7.83. The van der Waals surface area contributed by atoms with Gasteiger partial charge < -0.3 is 4.90 Å². The van der Waals surface area contributed by atoms with E-state index in [-0.39, 0.29) is 11.6 Å². The van der Waals surface area contributed by atoms with Crippen LogP contribution in [0.25, 0.3) is 0 Å². The highest BCUT2D eigenvalue weighted by Gasteiger charge is 2.48. The Morgan fingerprint density at radius 1 is 1.15 bits per heavy atom. The molecule has 3 nitrogen and oxygen atoms in total. The molecule has 0 amide bonds. The molecule has 0 N–H and O–H groups in total. The molecule has 0 bridgehead atoms. The summed E-state index contributed by atoms with van der Waals surface area (Å²) in [5.74, 6) is 1.48. The van der Waals surface area contributed by atoms with Crippen LogP contribution in [-0.2, 0) is 4.79 Å². The van der Waals surface area contributed by atoms with E-state index in [4.69, 9.17) is 0 Å². The van der Waals surface area contributed by atoms with Crippen LogP contribution < -0.4 is 0 Å². The number of benzene rings is 1. The third-order valence-electron chi connectivity index (χ3n) is 3.49. The van der Waals surface area contributed by atoms with Crippen molar-refractivity contribution in [3.63, 3.8) is 0 Å². The molecule has 0 aromatic heterocycles. The second-order valence-electron chi connectivity index (χ2n) is 5.11. The molecule has 0 radical (unpaired) electrons. The van der Waals surface area contributed by atoms with Crippen LogP contribution in [0, 0.1) is 0 Å². The highest BCUT2D eigenvalue weighted by Crippen LogP contribution is 2.45. The van der Waals surface area contributed by atoms with Gasteiger partial charge in [-0.2, -0.15) is 0 Å². The van der Waals surface area contributed by atoms with Crippen LogP contribution in [0.4, 0.5) is 0 Å². The fraction of sp³-hybridized carbons (Fsp3) is 0.467. The fourth-order valence-electron chi connectivity index (χ4n) is 2.09. The van der Waals surface area contributed by atoms with Crippen molar-refractivity contribution in [3.05, 3.63) is 35.9 Å². The van der Waals surface area contributed by atoms with Crippen LogP contribution in [-0.4, -0.2) is 52.2 Å². The Kier molecular flexibility index (Phi) is 4.94. The minimum absolute atomic E-state index is 0.0569. The van der Waals surface area contributed by atoms with Crippen molar-refractivity contribution in [1.82, 2.24) is 4.90 Å². The van der Waals surface area contributed by atoms with Gasteiger partial charge in [0.1, 0.15) is 0 Å². The van der Waals surface area contributed by atoms with Crippen LogP contribution in [0.2, 0.25) is 0 Å². The third-order valence-corrected chi connectivity index (χ3v) is 7.06. The van der Waals surface area contributed by atoms with Gasteiger partial charge in [-0.05, 0) is 21.0 Å². The fourth-order valence-corrected chi connectivity index (χ4v) is 5.57. The van der Waals surface area contributed by atoms with Crippen molar-refractivity contribution in [2.75, 3.05) is 25.6 Å². The van der Waals surface area contributed by atoms with Crippen molar-refractivity contribution in [2.24, 2.45) is 0 Å². The quantitative estimate of drug-likeness (QED) is 0.631. The number of nitrogens with zero attached hydrogens (tertiary/aromatic N) is 1. The number of ketones is 2. The minimum Gasteiger partial charge on any atom is -0.305 e. The Labute approximate surface area is 128 Å². The van der Waals surface area contributed by atoms with Crippen molar-refractivity contribution in [1.29, 1.82) is 0 Å². The van der Waals surface area contributed by atoms with E-state index in [1.54, 1.807) is 12.1 Å². The standard InChI is InChI=1S/C15H19NO2S2/c1-11(17)15(14(18)12-7-5-4-6-8-12)19-9-13(10-20-15)16(2)3/h4-8,13H,9-10H2,1-3H3. The molecule has 0 unspecified atom stereocenters. The van der Waals surface area contributed by atoms with E-state index in [9.17, 15) is 9.59 Å². The summed E-state index contributed by atoms with van der Waals surface area (Å²) in [6, 6.07) is 9.52. The summed E-state index contributed by atoms with van der Waals surface area (Å²) in [7, 11) is 4.07. The third kappa shape index (κ3) is 2.95. The summed E-state index contributed by atoms with van der Waals surface area (Å²) < 4.78 is -0.964. The van der Waals surface area contributed by atoms with Crippen LogP contribution in [0.1, 0.15) is 17.3 Å². The maximum Gasteiger partial charge on any atom is 0.196 e. The molecule has 1 aromatic carbocycles. The molecule has 0 spiro atoms. The first kappa shape index (κ1) is 15.6. The average molecular weight is 309 g/mol. The number of carbonyl (C=O) groups is 2. The monoisotopic (exact) mass is 309 g/mol. The molecule has 1 fully saturated rings. The molecule has 5 heteroatoms. The first-order valence-electron chi connectivity index (χ1n) is 6.52. The number of hydrogen-bond acceptors (Lipinski definition) is 5. The smallest absolute Gasteiger partial charge is 0.196 e. The van der Waals surface area contributed by atoms with Gasteiger partial charge in [-0.3, -0.25) is 9.59 Å². The Morgan fingerprint density at radius 3 is 2.15 bits per heavy atom. The molecule has 2 rings (SSSR count). The van der Waals surface area contributed by atoms with Crippen LogP contribution in [0.15, 0.2) is 30.3 Å². The zero-order valence-corrected chi connectivity index (χ0v) is 13.6. The molecule has 1 heterocycles. The van der Waals surface area contributed by atoms with E-state index >= 15 is 0 Å². The average Bonchev–Trinajstić information content (AvgIpc) is 2.47. The van der Waals surface area contributed by atoms with E-state index in [2.05, 4.69) is 4.90 Å². The molecule has 1 aliphatic heterocycles. The van der Waals surface area contributed by atoms with Gasteiger partial charge in [-0.1, -0.05) is 30.3 Å². The predicted octanol–water partition coefficient (Wildman–Crippen LogP) is 2.56. The van der Waals surface area contributed by atoms with Gasteiger partial charge in [-0.15, -0.1) is 23.5 Å². The normalized spacial score (nSPS) is 26.5. The Balaban J connectivity index is 2.24. The maximum absolute atomic E-state index is 12.8. The van der Waals surface area contributed by atoms with Crippen LogP contribution in [0.5, 0.6) is 0 Å². The lowest BCUT2D eigenvalue weighted by Crippen LogP contribution is -2.47. The van der Waals surface area contributed by atoms with Gasteiger partial charge in [0.05, 0.1) is 0 Å². The zero-order valence-electron chi connectivity index (χ0n) is 12.0. The summed E-state index contributed by atoms with van der Waals surface area (Å²) >= 11 is 2.96. The molecule has 1 aliphatic rings. The van der Waals surface area contributed by atoms with Crippen LogP contribution in [0.3, 0.4) is 0 Å². The summed E-state index contributed by atoms with van der Waals surface area (Å²) in [5, 5.41) is 0.